The highest BCUT2D eigenvalue weighted by molar-refractivity contribution is 5.94. The molecular formula is C21H27FN4O4. The summed E-state index contributed by atoms with van der Waals surface area (Å²) in [6, 6.07) is 0. The van der Waals surface area contributed by atoms with E-state index in [-0.39, 0.29) is 30.5 Å². The maximum Gasteiger partial charge on any atom is 0.296 e. The minimum absolute atomic E-state index is 0.0606. The lowest BCUT2D eigenvalue weighted by Gasteiger charge is -2.41. The zero-order valence-corrected chi connectivity index (χ0v) is 17.2. The highest BCUT2D eigenvalue weighted by Gasteiger charge is 2.50. The number of nitrogens with zero attached hydrogens (tertiary/aromatic N) is 2. The number of aromatic nitrogens is 2. The summed E-state index contributed by atoms with van der Waals surface area (Å²) in [5.41, 5.74) is -2.12. The number of hydrogen-bond acceptors (Lipinski definition) is 6. The van der Waals surface area contributed by atoms with E-state index >= 15 is 0 Å². The van der Waals surface area contributed by atoms with E-state index in [0.717, 1.165) is 12.8 Å². The van der Waals surface area contributed by atoms with Gasteiger partial charge in [-0.05, 0) is 50.8 Å². The van der Waals surface area contributed by atoms with Gasteiger partial charge in [0.2, 0.25) is 5.75 Å². The van der Waals surface area contributed by atoms with E-state index < -0.39 is 28.4 Å². The monoisotopic (exact) mass is 418 g/mol. The van der Waals surface area contributed by atoms with Crippen LogP contribution in [0.25, 0.3) is 0 Å². The second-order valence-corrected chi connectivity index (χ2v) is 8.34. The lowest BCUT2D eigenvalue weighted by molar-refractivity contribution is -0.115. The third kappa shape index (κ3) is 3.35. The Kier molecular flexibility index (Phi) is 5.27. The molecule has 0 aromatic carbocycles. The Hall–Kier alpha value is -2.52. The van der Waals surface area contributed by atoms with Crippen LogP contribution in [0.4, 0.5) is 4.39 Å². The van der Waals surface area contributed by atoms with Crippen LogP contribution in [0.1, 0.15) is 48.9 Å². The Labute approximate surface area is 173 Å². The Morgan fingerprint density at radius 1 is 1.47 bits per heavy atom. The van der Waals surface area contributed by atoms with E-state index in [4.69, 9.17) is 4.74 Å². The van der Waals surface area contributed by atoms with Gasteiger partial charge >= 0.3 is 0 Å². The first-order valence-electron chi connectivity index (χ1n) is 10.3. The predicted molar refractivity (Wildman–Crippen MR) is 108 cm³/mol. The van der Waals surface area contributed by atoms with Crippen LogP contribution in [0, 0.1) is 5.92 Å². The number of carbonyl (C=O) groups excluding carboxylic acids is 1. The molecule has 1 aliphatic carbocycles. The molecule has 162 valence electrons. The summed E-state index contributed by atoms with van der Waals surface area (Å²) in [6.07, 6.45) is 7.15. The lowest BCUT2D eigenvalue weighted by atomic mass is 9.84. The average Bonchev–Trinajstić information content (AvgIpc) is 3.00. The van der Waals surface area contributed by atoms with Gasteiger partial charge in [0.05, 0.1) is 18.8 Å². The van der Waals surface area contributed by atoms with Crippen molar-refractivity contribution in [3.63, 3.8) is 0 Å². The Morgan fingerprint density at radius 3 is 2.87 bits per heavy atom. The number of rotatable bonds is 5. The summed E-state index contributed by atoms with van der Waals surface area (Å²) in [6.45, 7) is 2.88. The Bertz CT molecular complexity index is 976. The van der Waals surface area contributed by atoms with Gasteiger partial charge in [0.25, 0.3) is 11.5 Å². The van der Waals surface area contributed by atoms with Crippen LogP contribution >= 0.6 is 0 Å². The Balaban J connectivity index is 1.66. The van der Waals surface area contributed by atoms with Crippen LogP contribution in [-0.2, 0) is 16.8 Å². The van der Waals surface area contributed by atoms with Gasteiger partial charge in [-0.25, -0.2) is 9.37 Å². The van der Waals surface area contributed by atoms with Gasteiger partial charge in [0, 0.05) is 6.54 Å². The van der Waals surface area contributed by atoms with Crippen LogP contribution in [-0.4, -0.2) is 46.4 Å². The molecule has 1 aromatic rings. The quantitative estimate of drug-likeness (QED) is 0.669. The van der Waals surface area contributed by atoms with Crippen molar-refractivity contribution in [1.29, 1.82) is 0 Å². The molecule has 5 rings (SSSR count). The third-order valence-electron chi connectivity index (χ3n) is 6.66. The van der Waals surface area contributed by atoms with Crippen LogP contribution in [0.2, 0.25) is 0 Å². The molecule has 0 saturated carbocycles. The number of carbonyl (C=O) groups is 1. The molecule has 30 heavy (non-hydrogen) atoms. The predicted octanol–water partition coefficient (Wildman–Crippen LogP) is 1.50. The van der Waals surface area contributed by atoms with E-state index in [1.807, 2.05) is 6.92 Å². The highest BCUT2D eigenvalue weighted by atomic mass is 19.1. The van der Waals surface area contributed by atoms with Crippen LogP contribution in [0.5, 0.6) is 5.75 Å². The summed E-state index contributed by atoms with van der Waals surface area (Å²) in [4.78, 5) is 30.2. The van der Waals surface area contributed by atoms with Gasteiger partial charge in [-0.3, -0.25) is 14.2 Å². The number of fused-ring (bicyclic) bond motifs is 2. The van der Waals surface area contributed by atoms with Crippen molar-refractivity contribution in [2.75, 3.05) is 20.2 Å². The fourth-order valence-electron chi connectivity index (χ4n) is 4.46. The summed E-state index contributed by atoms with van der Waals surface area (Å²) >= 11 is 0. The topological polar surface area (TPSA) is 105 Å². The molecule has 2 bridgehead atoms. The largest absolute Gasteiger partial charge is 0.501 e. The number of hydrogen-bond donors (Lipinski definition) is 3. The SMILES string of the molecule is CCC12CCC(NC)(CO1)c1nc(C(=O)NCC3C=CC(F)=CC3)c(O)c(=O)n1C2. The normalized spacial score (nSPS) is 29.8. The van der Waals surface area contributed by atoms with Crippen molar-refractivity contribution < 1.29 is 19.0 Å². The van der Waals surface area contributed by atoms with Crippen molar-refractivity contribution in [2.45, 2.75) is 50.3 Å². The molecule has 4 aliphatic rings. The van der Waals surface area contributed by atoms with E-state index in [2.05, 4.69) is 15.6 Å². The Morgan fingerprint density at radius 2 is 2.27 bits per heavy atom. The maximum atomic E-state index is 13.1. The number of halogens is 1. The molecule has 8 nitrogen and oxygen atoms in total. The molecular weight excluding hydrogens is 391 g/mol. The van der Waals surface area contributed by atoms with Crippen molar-refractivity contribution in [1.82, 2.24) is 20.2 Å². The average molecular weight is 418 g/mol. The first-order valence-corrected chi connectivity index (χ1v) is 10.3. The van der Waals surface area contributed by atoms with Gasteiger partial charge in [0.15, 0.2) is 5.69 Å². The van der Waals surface area contributed by atoms with E-state index in [1.54, 1.807) is 13.1 Å². The minimum atomic E-state index is -0.703. The number of allylic oxidation sites excluding steroid dienone is 3. The lowest BCUT2D eigenvalue weighted by Crippen LogP contribution is -2.51. The fraction of sp³-hybridized carbons (Fsp3) is 0.571. The van der Waals surface area contributed by atoms with Crippen molar-refractivity contribution in [2.24, 2.45) is 5.92 Å². The fourth-order valence-corrected chi connectivity index (χ4v) is 4.46. The molecule has 9 heteroatoms. The van der Waals surface area contributed by atoms with Gasteiger partial charge in [-0.15, -0.1) is 0 Å². The standard InChI is InChI=1S/C21H27FN4O4/c1-3-20-8-9-21(23-2,12-30-20)19-25-15(16(27)18(29)26(19)11-20)17(28)24-10-13-4-6-14(22)7-5-13/h4,6-7,13,23,27H,3,5,8-12H2,1-2H3,(H,24,28). The number of nitrogens with one attached hydrogen (secondary N) is 2. The van der Waals surface area contributed by atoms with E-state index in [9.17, 15) is 19.1 Å². The number of amides is 1. The first-order chi connectivity index (χ1) is 14.3. The van der Waals surface area contributed by atoms with Crippen LogP contribution in [0.15, 0.2) is 28.8 Å². The molecule has 3 atom stereocenters. The molecule has 3 aliphatic heterocycles. The number of likely N-dealkylation sites (N-methyl/N-ethyl adjacent to an activating group) is 1. The van der Waals surface area contributed by atoms with Crippen LogP contribution in [0.3, 0.4) is 0 Å². The molecule has 1 amide bonds. The molecule has 1 aromatic heterocycles. The third-order valence-corrected chi connectivity index (χ3v) is 6.66. The van der Waals surface area contributed by atoms with Crippen molar-refractivity contribution in [3.05, 3.63) is 45.9 Å². The van der Waals surface area contributed by atoms with Gasteiger partial charge in [-0.2, -0.15) is 0 Å². The summed E-state index contributed by atoms with van der Waals surface area (Å²) < 4.78 is 20.7. The second kappa shape index (κ2) is 7.63. The van der Waals surface area contributed by atoms with Crippen LogP contribution < -0.4 is 16.2 Å². The molecule has 1 saturated heterocycles. The van der Waals surface area contributed by atoms with E-state index in [1.165, 1.54) is 16.7 Å². The van der Waals surface area contributed by atoms with Crippen molar-refractivity contribution in [3.8, 4) is 5.75 Å². The minimum Gasteiger partial charge on any atom is -0.501 e. The second-order valence-electron chi connectivity index (χ2n) is 8.34. The number of ether oxygens (including phenoxy) is 1. The van der Waals surface area contributed by atoms with Gasteiger partial charge < -0.3 is 20.5 Å². The maximum absolute atomic E-state index is 13.1. The van der Waals surface area contributed by atoms with E-state index in [0.29, 0.717) is 25.3 Å². The smallest absolute Gasteiger partial charge is 0.296 e. The summed E-state index contributed by atoms with van der Waals surface area (Å²) in [5, 5.41) is 16.4. The zero-order chi connectivity index (χ0) is 21.5. The highest BCUT2D eigenvalue weighted by Crippen LogP contribution is 2.42. The molecule has 3 unspecified atom stereocenters. The summed E-state index contributed by atoms with van der Waals surface area (Å²) in [7, 11) is 1.78. The van der Waals surface area contributed by atoms with Crippen molar-refractivity contribution >= 4 is 5.91 Å². The first kappa shape index (κ1) is 20.7. The molecule has 0 spiro atoms. The van der Waals surface area contributed by atoms with Gasteiger partial charge in [-0.1, -0.05) is 13.0 Å². The number of aromatic hydroxyl groups is 1. The van der Waals surface area contributed by atoms with Gasteiger partial charge in [0.1, 0.15) is 17.2 Å². The molecule has 3 N–H and O–H groups in total. The molecule has 4 heterocycles. The summed E-state index contributed by atoms with van der Waals surface area (Å²) in [5.74, 6) is -1.24. The zero-order valence-electron chi connectivity index (χ0n) is 17.2. The molecule has 0 radical (unpaired) electrons. The molecule has 1 fully saturated rings.